The van der Waals surface area contributed by atoms with E-state index >= 15 is 0 Å². The van der Waals surface area contributed by atoms with Crippen LogP contribution in [0.1, 0.15) is 5.56 Å². The molecule has 0 fully saturated rings. The van der Waals surface area contributed by atoms with E-state index in [9.17, 15) is 18.5 Å². The lowest BCUT2D eigenvalue weighted by Gasteiger charge is -2.11. The highest BCUT2D eigenvalue weighted by Gasteiger charge is 2.13. The number of non-ortho nitro benzene ring substituents is 1. The minimum Gasteiger partial charge on any atom is -0.308 e. The van der Waals surface area contributed by atoms with Gasteiger partial charge in [0.2, 0.25) is 0 Å². The summed E-state index contributed by atoms with van der Waals surface area (Å²) >= 11 is 0. The summed E-state index contributed by atoms with van der Waals surface area (Å²) in [4.78, 5) is 12.4. The smallest absolute Gasteiger partial charge is 0.269 e. The standard InChI is InChI=1S/C14H13N3O4S/c1-11(12-7-9-13(10-8-12)17(18)19)15-16-22(20,21)14-5-3-2-4-6-14/h2-10,15-16H,1H2. The zero-order chi connectivity index (χ0) is 16.2. The molecule has 0 aliphatic rings. The number of rotatable bonds is 6. The average Bonchev–Trinajstić information content (AvgIpc) is 2.53. The Kier molecular flexibility index (Phi) is 4.54. The first-order valence-electron chi connectivity index (χ1n) is 6.17. The Morgan fingerprint density at radius 2 is 1.64 bits per heavy atom. The molecule has 0 saturated carbocycles. The third-order valence-electron chi connectivity index (χ3n) is 2.82. The second kappa shape index (κ2) is 6.37. The van der Waals surface area contributed by atoms with E-state index in [1.165, 1.54) is 36.4 Å². The van der Waals surface area contributed by atoms with Crippen LogP contribution in [0.4, 0.5) is 5.69 Å². The first-order valence-corrected chi connectivity index (χ1v) is 7.65. The number of nitrogens with one attached hydrogen (secondary N) is 2. The minimum atomic E-state index is -3.72. The van der Waals surface area contributed by atoms with E-state index in [1.807, 2.05) is 0 Å². The van der Waals surface area contributed by atoms with Gasteiger partial charge < -0.3 is 5.43 Å². The Hall–Kier alpha value is -2.71. The third kappa shape index (κ3) is 3.68. The van der Waals surface area contributed by atoms with Crippen molar-refractivity contribution in [1.29, 1.82) is 0 Å². The topological polar surface area (TPSA) is 101 Å². The largest absolute Gasteiger partial charge is 0.308 e. The summed E-state index contributed by atoms with van der Waals surface area (Å²) in [6.07, 6.45) is 0. The van der Waals surface area contributed by atoms with E-state index in [0.29, 0.717) is 5.56 Å². The van der Waals surface area contributed by atoms with Gasteiger partial charge in [-0.15, -0.1) is 4.83 Å². The molecule has 0 aliphatic heterocycles. The van der Waals surface area contributed by atoms with E-state index in [1.54, 1.807) is 18.2 Å². The summed E-state index contributed by atoms with van der Waals surface area (Å²) in [5.74, 6) is 0. The Morgan fingerprint density at radius 3 is 2.18 bits per heavy atom. The van der Waals surface area contributed by atoms with Crippen LogP contribution in [-0.4, -0.2) is 13.3 Å². The summed E-state index contributed by atoms with van der Waals surface area (Å²) in [6, 6.07) is 13.4. The second-order valence-electron chi connectivity index (χ2n) is 4.33. The van der Waals surface area contributed by atoms with Crippen molar-refractivity contribution in [3.63, 3.8) is 0 Å². The van der Waals surface area contributed by atoms with Crippen molar-refractivity contribution in [2.24, 2.45) is 0 Å². The quantitative estimate of drug-likeness (QED) is 0.627. The molecule has 114 valence electrons. The number of hydrazine groups is 1. The van der Waals surface area contributed by atoms with E-state index in [2.05, 4.69) is 16.8 Å². The van der Waals surface area contributed by atoms with Crippen molar-refractivity contribution in [3.8, 4) is 0 Å². The van der Waals surface area contributed by atoms with Gasteiger partial charge in [0, 0.05) is 17.8 Å². The van der Waals surface area contributed by atoms with Gasteiger partial charge in [0.1, 0.15) is 0 Å². The van der Waals surface area contributed by atoms with Gasteiger partial charge in [0.25, 0.3) is 15.7 Å². The molecule has 2 N–H and O–H groups in total. The third-order valence-corrected chi connectivity index (χ3v) is 4.08. The highest BCUT2D eigenvalue weighted by atomic mass is 32.2. The summed E-state index contributed by atoms with van der Waals surface area (Å²) in [5, 5.41) is 10.6. The summed E-state index contributed by atoms with van der Waals surface area (Å²) in [7, 11) is -3.72. The van der Waals surface area contributed by atoms with E-state index in [-0.39, 0.29) is 16.3 Å². The number of hydrogen-bond acceptors (Lipinski definition) is 5. The van der Waals surface area contributed by atoms with Crippen molar-refractivity contribution in [2.75, 3.05) is 0 Å². The lowest BCUT2D eigenvalue weighted by molar-refractivity contribution is -0.384. The number of nitrogens with zero attached hydrogens (tertiary/aromatic N) is 1. The highest BCUT2D eigenvalue weighted by Crippen LogP contribution is 2.16. The van der Waals surface area contributed by atoms with Crippen LogP contribution < -0.4 is 10.3 Å². The van der Waals surface area contributed by atoms with Gasteiger partial charge in [-0.25, -0.2) is 8.42 Å². The minimum absolute atomic E-state index is 0.0542. The summed E-state index contributed by atoms with van der Waals surface area (Å²) in [5.41, 5.74) is 3.23. The Bertz CT molecular complexity index is 787. The molecule has 0 heterocycles. The number of hydrogen-bond donors (Lipinski definition) is 2. The predicted octanol–water partition coefficient (Wildman–Crippen LogP) is 2.05. The molecule has 2 aromatic carbocycles. The summed E-state index contributed by atoms with van der Waals surface area (Å²) in [6.45, 7) is 3.69. The SMILES string of the molecule is C=C(NNS(=O)(=O)c1ccccc1)c1ccc([N+](=O)[O-])cc1. The summed E-state index contributed by atoms with van der Waals surface area (Å²) < 4.78 is 24.0. The zero-order valence-corrected chi connectivity index (χ0v) is 12.2. The molecule has 7 nitrogen and oxygen atoms in total. The molecule has 2 rings (SSSR count). The molecule has 0 bridgehead atoms. The molecule has 0 saturated heterocycles. The maximum atomic E-state index is 12.0. The number of nitro groups is 1. The van der Waals surface area contributed by atoms with Gasteiger partial charge in [-0.2, -0.15) is 0 Å². The molecule has 2 aromatic rings. The molecule has 0 amide bonds. The molecule has 0 unspecified atom stereocenters. The van der Waals surface area contributed by atoms with Crippen molar-refractivity contribution >= 4 is 21.4 Å². The van der Waals surface area contributed by atoms with E-state index in [0.717, 1.165) is 0 Å². The van der Waals surface area contributed by atoms with Crippen LogP contribution >= 0.6 is 0 Å². The maximum Gasteiger partial charge on any atom is 0.269 e. The molecular formula is C14H13N3O4S. The van der Waals surface area contributed by atoms with Crippen molar-refractivity contribution in [3.05, 3.63) is 76.9 Å². The predicted molar refractivity (Wildman–Crippen MR) is 82.0 cm³/mol. The van der Waals surface area contributed by atoms with Crippen LogP contribution in [0.25, 0.3) is 5.70 Å². The highest BCUT2D eigenvalue weighted by molar-refractivity contribution is 7.89. The van der Waals surface area contributed by atoms with E-state index in [4.69, 9.17) is 0 Å². The maximum absolute atomic E-state index is 12.0. The Labute approximate surface area is 127 Å². The van der Waals surface area contributed by atoms with Gasteiger partial charge in [0.15, 0.2) is 0 Å². The van der Waals surface area contributed by atoms with Crippen LogP contribution in [-0.2, 0) is 10.0 Å². The van der Waals surface area contributed by atoms with Crippen LogP contribution in [0.5, 0.6) is 0 Å². The number of nitro benzene ring substituents is 1. The average molecular weight is 319 g/mol. The van der Waals surface area contributed by atoms with Crippen molar-refractivity contribution in [1.82, 2.24) is 10.3 Å². The first-order chi connectivity index (χ1) is 10.4. The lowest BCUT2D eigenvalue weighted by atomic mass is 10.1. The molecule has 0 aliphatic carbocycles. The Morgan fingerprint density at radius 1 is 1.05 bits per heavy atom. The van der Waals surface area contributed by atoms with Crippen molar-refractivity contribution in [2.45, 2.75) is 4.90 Å². The van der Waals surface area contributed by atoms with Gasteiger partial charge in [-0.3, -0.25) is 10.1 Å². The van der Waals surface area contributed by atoms with Crippen molar-refractivity contribution < 1.29 is 13.3 Å². The molecule has 22 heavy (non-hydrogen) atoms. The normalized spacial score (nSPS) is 10.9. The molecule has 0 radical (unpaired) electrons. The van der Waals surface area contributed by atoms with Crippen LogP contribution in [0, 0.1) is 10.1 Å². The molecular weight excluding hydrogens is 306 g/mol. The molecule has 0 spiro atoms. The number of benzene rings is 2. The van der Waals surface area contributed by atoms with Crippen LogP contribution in [0.2, 0.25) is 0 Å². The molecule has 0 aromatic heterocycles. The fourth-order valence-electron chi connectivity index (χ4n) is 1.64. The second-order valence-corrected chi connectivity index (χ2v) is 6.01. The molecule has 0 atom stereocenters. The van der Waals surface area contributed by atoms with Gasteiger partial charge in [0.05, 0.1) is 9.82 Å². The Balaban J connectivity index is 2.05. The van der Waals surface area contributed by atoms with Gasteiger partial charge >= 0.3 is 0 Å². The fraction of sp³-hybridized carbons (Fsp3) is 0. The van der Waals surface area contributed by atoms with Gasteiger partial charge in [-0.1, -0.05) is 24.8 Å². The molecule has 8 heteroatoms. The van der Waals surface area contributed by atoms with E-state index < -0.39 is 14.9 Å². The zero-order valence-electron chi connectivity index (χ0n) is 11.4. The first kappa shape index (κ1) is 15.7. The van der Waals surface area contributed by atoms with Crippen LogP contribution in [0.3, 0.4) is 0 Å². The van der Waals surface area contributed by atoms with Crippen LogP contribution in [0.15, 0.2) is 66.1 Å². The monoisotopic (exact) mass is 319 g/mol. The lowest BCUT2D eigenvalue weighted by Crippen LogP contribution is -2.35. The fourth-order valence-corrected chi connectivity index (χ4v) is 2.53. The number of sulfonamides is 1. The van der Waals surface area contributed by atoms with Gasteiger partial charge in [-0.05, 0) is 29.8 Å².